The van der Waals surface area contributed by atoms with Gasteiger partial charge in [0, 0.05) is 12.0 Å². The van der Waals surface area contributed by atoms with Gasteiger partial charge in [-0.15, -0.1) is 0 Å². The molecule has 17 heavy (non-hydrogen) atoms. The third-order valence-corrected chi connectivity index (χ3v) is 4.54. The minimum absolute atomic E-state index is 0.271. The Morgan fingerprint density at radius 2 is 2.00 bits per heavy atom. The van der Waals surface area contributed by atoms with Gasteiger partial charge in [0.15, 0.2) is 0 Å². The Hall–Kier alpha value is -0.860. The Kier molecular flexibility index (Phi) is 2.93. The highest BCUT2D eigenvalue weighted by molar-refractivity contribution is 5.37. The minimum Gasteiger partial charge on any atom is -0.376 e. The van der Waals surface area contributed by atoms with Crippen molar-refractivity contribution < 1.29 is 4.74 Å². The predicted molar refractivity (Wildman–Crippen MR) is 69.0 cm³/mol. The van der Waals surface area contributed by atoms with Crippen molar-refractivity contribution in [2.45, 2.75) is 44.1 Å². The fraction of sp³-hybridized carbons (Fsp3) is 0.600. The molecule has 0 saturated heterocycles. The molecule has 0 bridgehead atoms. The van der Waals surface area contributed by atoms with Gasteiger partial charge in [-0.3, -0.25) is 0 Å². The van der Waals surface area contributed by atoms with Gasteiger partial charge in [-0.05, 0) is 36.0 Å². The monoisotopic (exact) mass is 231 g/mol. The fourth-order valence-electron chi connectivity index (χ4n) is 3.36. The summed E-state index contributed by atoms with van der Waals surface area (Å²) in [5.41, 5.74) is 10.6. The largest absolute Gasteiger partial charge is 0.376 e. The lowest BCUT2D eigenvalue weighted by molar-refractivity contribution is 0.110. The summed E-state index contributed by atoms with van der Waals surface area (Å²) >= 11 is 0. The summed E-state index contributed by atoms with van der Waals surface area (Å²) in [5, 5.41) is 0. The standard InChI is InChI=1S/C15H21NO/c16-11-15(6-1-2-7-15)14-4-3-13-10-17-8-5-12(13)9-14/h3-4,9H,1-2,5-8,10-11,16H2. The van der Waals surface area contributed by atoms with Crippen molar-refractivity contribution in [1.82, 2.24) is 0 Å². The highest BCUT2D eigenvalue weighted by atomic mass is 16.5. The quantitative estimate of drug-likeness (QED) is 0.849. The summed E-state index contributed by atoms with van der Waals surface area (Å²) in [6.07, 6.45) is 6.25. The molecule has 1 aliphatic carbocycles. The van der Waals surface area contributed by atoms with E-state index in [2.05, 4.69) is 18.2 Å². The van der Waals surface area contributed by atoms with E-state index in [4.69, 9.17) is 10.5 Å². The lowest BCUT2D eigenvalue weighted by atomic mass is 9.77. The number of fused-ring (bicyclic) bond motifs is 1. The van der Waals surface area contributed by atoms with Crippen molar-refractivity contribution in [2.24, 2.45) is 5.73 Å². The van der Waals surface area contributed by atoms with Crippen LogP contribution < -0.4 is 5.73 Å². The Morgan fingerprint density at radius 1 is 1.18 bits per heavy atom. The van der Waals surface area contributed by atoms with Crippen LogP contribution in [-0.2, 0) is 23.2 Å². The van der Waals surface area contributed by atoms with Crippen molar-refractivity contribution in [2.75, 3.05) is 13.2 Å². The molecule has 0 unspecified atom stereocenters. The lowest BCUT2D eigenvalue weighted by Crippen LogP contribution is -2.32. The summed E-state index contributed by atoms with van der Waals surface area (Å²) in [6.45, 7) is 2.44. The van der Waals surface area contributed by atoms with Crippen LogP contribution in [0.15, 0.2) is 18.2 Å². The number of benzene rings is 1. The van der Waals surface area contributed by atoms with Gasteiger partial charge in [-0.25, -0.2) is 0 Å². The van der Waals surface area contributed by atoms with Crippen molar-refractivity contribution >= 4 is 0 Å². The molecule has 92 valence electrons. The van der Waals surface area contributed by atoms with Crippen LogP contribution in [-0.4, -0.2) is 13.2 Å². The van der Waals surface area contributed by atoms with E-state index >= 15 is 0 Å². The first-order valence-electron chi connectivity index (χ1n) is 6.74. The Balaban J connectivity index is 1.97. The van der Waals surface area contributed by atoms with Crippen LogP contribution in [0.25, 0.3) is 0 Å². The Labute approximate surface area is 103 Å². The van der Waals surface area contributed by atoms with E-state index in [0.29, 0.717) is 0 Å². The molecule has 3 rings (SSSR count). The van der Waals surface area contributed by atoms with Gasteiger partial charge in [-0.2, -0.15) is 0 Å². The zero-order valence-electron chi connectivity index (χ0n) is 10.4. The Morgan fingerprint density at radius 3 is 2.76 bits per heavy atom. The lowest BCUT2D eigenvalue weighted by Gasteiger charge is -2.29. The molecule has 2 heteroatoms. The van der Waals surface area contributed by atoms with Gasteiger partial charge < -0.3 is 10.5 Å². The average Bonchev–Trinajstić information content (AvgIpc) is 2.88. The maximum atomic E-state index is 6.05. The van der Waals surface area contributed by atoms with Crippen LogP contribution >= 0.6 is 0 Å². The normalized spacial score (nSPS) is 22.4. The molecular weight excluding hydrogens is 210 g/mol. The average molecular weight is 231 g/mol. The molecular formula is C15H21NO. The first kappa shape index (κ1) is 11.2. The number of rotatable bonds is 2. The fourth-order valence-corrected chi connectivity index (χ4v) is 3.36. The van der Waals surface area contributed by atoms with E-state index < -0.39 is 0 Å². The molecule has 1 saturated carbocycles. The molecule has 1 aromatic carbocycles. The molecule has 0 radical (unpaired) electrons. The van der Waals surface area contributed by atoms with Crippen LogP contribution in [0.2, 0.25) is 0 Å². The zero-order chi connectivity index (χ0) is 11.7. The summed E-state index contributed by atoms with van der Waals surface area (Å²) in [7, 11) is 0. The third-order valence-electron chi connectivity index (χ3n) is 4.54. The van der Waals surface area contributed by atoms with Gasteiger partial charge in [-0.1, -0.05) is 31.0 Å². The van der Waals surface area contributed by atoms with Crippen molar-refractivity contribution in [3.8, 4) is 0 Å². The molecule has 0 aromatic heterocycles. The molecule has 2 aliphatic rings. The van der Waals surface area contributed by atoms with Gasteiger partial charge >= 0.3 is 0 Å². The second kappa shape index (κ2) is 4.43. The minimum atomic E-state index is 0.271. The van der Waals surface area contributed by atoms with Crippen LogP contribution in [0.4, 0.5) is 0 Å². The number of hydrogen-bond acceptors (Lipinski definition) is 2. The SMILES string of the molecule is NCC1(c2ccc3c(c2)CCOC3)CCCC1. The molecule has 1 aromatic rings. The number of nitrogens with two attached hydrogens (primary N) is 1. The number of hydrogen-bond donors (Lipinski definition) is 1. The highest BCUT2D eigenvalue weighted by Crippen LogP contribution is 2.41. The van der Waals surface area contributed by atoms with Gasteiger partial charge in [0.25, 0.3) is 0 Å². The molecule has 0 spiro atoms. The summed E-state index contributed by atoms with van der Waals surface area (Å²) in [4.78, 5) is 0. The van der Waals surface area contributed by atoms with Gasteiger partial charge in [0.1, 0.15) is 0 Å². The molecule has 0 amide bonds. The molecule has 1 fully saturated rings. The number of ether oxygens (including phenoxy) is 1. The van der Waals surface area contributed by atoms with Crippen LogP contribution in [0, 0.1) is 0 Å². The molecule has 0 atom stereocenters. The van der Waals surface area contributed by atoms with Crippen molar-refractivity contribution in [3.63, 3.8) is 0 Å². The molecule has 1 aliphatic heterocycles. The first-order chi connectivity index (χ1) is 8.34. The van der Waals surface area contributed by atoms with Crippen molar-refractivity contribution in [1.29, 1.82) is 0 Å². The first-order valence-corrected chi connectivity index (χ1v) is 6.74. The molecule has 2 N–H and O–H groups in total. The predicted octanol–water partition coefficient (Wildman–Crippen LogP) is 2.53. The molecule has 1 heterocycles. The van der Waals surface area contributed by atoms with E-state index in [1.54, 1.807) is 0 Å². The van der Waals surface area contributed by atoms with E-state index in [9.17, 15) is 0 Å². The summed E-state index contributed by atoms with van der Waals surface area (Å²) in [6, 6.07) is 6.93. The van der Waals surface area contributed by atoms with Crippen LogP contribution in [0.1, 0.15) is 42.4 Å². The van der Waals surface area contributed by atoms with Crippen LogP contribution in [0.5, 0.6) is 0 Å². The maximum absolute atomic E-state index is 6.05. The zero-order valence-corrected chi connectivity index (χ0v) is 10.4. The highest BCUT2D eigenvalue weighted by Gasteiger charge is 2.34. The summed E-state index contributed by atoms with van der Waals surface area (Å²) < 4.78 is 5.49. The van der Waals surface area contributed by atoms with E-state index in [-0.39, 0.29) is 5.41 Å². The van der Waals surface area contributed by atoms with Crippen molar-refractivity contribution in [3.05, 3.63) is 34.9 Å². The molecule has 2 nitrogen and oxygen atoms in total. The van der Waals surface area contributed by atoms with E-state index in [1.165, 1.54) is 42.4 Å². The topological polar surface area (TPSA) is 35.2 Å². The van der Waals surface area contributed by atoms with E-state index in [1.807, 2.05) is 0 Å². The van der Waals surface area contributed by atoms with Gasteiger partial charge in [0.2, 0.25) is 0 Å². The smallest absolute Gasteiger partial charge is 0.0719 e. The van der Waals surface area contributed by atoms with Gasteiger partial charge in [0.05, 0.1) is 13.2 Å². The Bertz CT molecular complexity index is 407. The maximum Gasteiger partial charge on any atom is 0.0719 e. The second-order valence-electron chi connectivity index (χ2n) is 5.48. The van der Waals surface area contributed by atoms with E-state index in [0.717, 1.165) is 26.2 Å². The third kappa shape index (κ3) is 1.90. The van der Waals surface area contributed by atoms with Crippen LogP contribution in [0.3, 0.4) is 0 Å². The summed E-state index contributed by atoms with van der Waals surface area (Å²) in [5.74, 6) is 0. The second-order valence-corrected chi connectivity index (χ2v) is 5.48.